The van der Waals surface area contributed by atoms with Gasteiger partial charge in [-0.2, -0.15) is 0 Å². The number of nitrogens with zero attached hydrogens (tertiary/aromatic N) is 2. The number of halogens is 6. The van der Waals surface area contributed by atoms with E-state index in [0.29, 0.717) is 44.9 Å². The number of hydrogen-bond donors (Lipinski definition) is 0. The molecule has 3 fully saturated rings. The minimum atomic E-state index is -0.486. The van der Waals surface area contributed by atoms with Crippen molar-refractivity contribution >= 4 is 32.3 Å². The van der Waals surface area contributed by atoms with Gasteiger partial charge in [-0.25, -0.2) is 36.3 Å². The highest BCUT2D eigenvalue weighted by Gasteiger charge is 2.16. The third-order valence-electron chi connectivity index (χ3n) is 20.3. The molecule has 1 aromatic heterocycles. The quantitative estimate of drug-likeness (QED) is 0.142. The van der Waals surface area contributed by atoms with Crippen LogP contribution in [0.25, 0.3) is 32.3 Å². The van der Waals surface area contributed by atoms with E-state index in [0.717, 1.165) is 71.0 Å². The Hall–Kier alpha value is -9.26. The molecule has 5 nitrogen and oxygen atoms in total. The molecule has 2 aliphatic heterocycles. The summed E-state index contributed by atoms with van der Waals surface area (Å²) in [7, 11) is 0. The van der Waals surface area contributed by atoms with Crippen LogP contribution in [-0.2, 0) is 14.2 Å². The Kier molecular flexibility index (Phi) is 43.6. The Bertz CT molecular complexity index is 4570. The summed E-state index contributed by atoms with van der Waals surface area (Å²) in [5.41, 5.74) is 20.0. The molecule has 1 saturated carbocycles. The van der Waals surface area contributed by atoms with Gasteiger partial charge in [-0.1, -0.05) is 256 Å². The summed E-state index contributed by atoms with van der Waals surface area (Å²) in [5.74, 6) is 2.13. The van der Waals surface area contributed by atoms with Crippen LogP contribution in [0.2, 0.25) is 0 Å². The highest BCUT2D eigenvalue weighted by atomic mass is 19.2. The monoisotopic (exact) mass is 1590 g/mol. The lowest BCUT2D eigenvalue weighted by Crippen LogP contribution is -2.27. The maximum Gasteiger partial charge on any atom is 0.154 e. The number of hydrogen-bond acceptors (Lipinski definition) is 5. The topological polar surface area (TPSA) is 53.5 Å². The number of ether oxygens (including phenoxy) is 3. The minimum Gasteiger partial charge on any atom is -0.378 e. The molecule has 0 radical (unpaired) electrons. The number of aryl methyl sites for hydroxylation is 18. The highest BCUT2D eigenvalue weighted by molar-refractivity contribution is 5.86. The van der Waals surface area contributed by atoms with Crippen molar-refractivity contribution in [3.05, 3.63) is 341 Å². The zero-order chi connectivity index (χ0) is 86.5. The number of aromatic nitrogens is 2. The zero-order valence-electron chi connectivity index (χ0n) is 74.7. The Balaban J connectivity index is 0.000000268. The molecule has 116 heavy (non-hydrogen) atoms. The molecular formula is C105H134F6N2O3. The lowest BCUT2D eigenvalue weighted by atomic mass is 9.84. The number of fused-ring (bicyclic) bond motifs is 3. The lowest BCUT2D eigenvalue weighted by molar-refractivity contribution is -0.187. The van der Waals surface area contributed by atoms with Crippen LogP contribution in [0, 0.1) is 197 Å². The fourth-order valence-electron chi connectivity index (χ4n) is 12.0. The van der Waals surface area contributed by atoms with Gasteiger partial charge in [-0.3, -0.25) is 0 Å². The predicted molar refractivity (Wildman–Crippen MR) is 482 cm³/mol. The van der Waals surface area contributed by atoms with Gasteiger partial charge in [-0.05, 0) is 279 Å². The number of benzene rings is 11. The summed E-state index contributed by atoms with van der Waals surface area (Å²) in [6, 6.07) is 58.7. The third-order valence-corrected chi connectivity index (χ3v) is 20.3. The largest absolute Gasteiger partial charge is 0.378 e. The SMILES string of the molecule is CC1CCC(C)CC1.CC1CC[C@H](C)OC1.CC1COC(C)OC1.Cc1cc(F)c(C)c(F)c1.Cc1ccc(C)c(C)c1.Cc1ccc(C)c(C)c1.Cc1ccc(C)c(F)c1.Cc1ccc(C)cc1.Cc1ccc2c(F)c(C)c(F)cc2c1.Cc1ccc2c(F)c(C)ccc2c1.Cc1ccc2cc(C)ccc2c1.Cc1cnc(C)nc1. The van der Waals surface area contributed by atoms with Gasteiger partial charge in [0.2, 0.25) is 0 Å². The summed E-state index contributed by atoms with van der Waals surface area (Å²) >= 11 is 0. The first-order valence-electron chi connectivity index (χ1n) is 41.0. The maximum atomic E-state index is 13.6. The standard InChI is InChI=1S/C12H10F2.C12H11F.C12H12.2C9H12.C8H8F2.C8H9F.C8H16.C8H10.C7H14O.C6H8N2.C6H12O2/c1-7-3-4-10-9(5-7)6-11(13)8(2)12(10)14;1-8-3-6-11-10(7-8)5-4-9(2)12(11)13;1-9-3-5-12-8-10(2)4-6-11(12)7-9;2*1-7-4-5-8(2)9(3)6-7;1-5-3-7(9)6(2)8(10)4-5;1-6-3-4-7(2)8(9)5-6;2*1-7-3-5-8(2)6-4-7;1-6-3-4-7(2)8-5-6;2*1-5-3-7-6(2)8-4-5/h3-6H,1-2H3;3-7H,1-2H3;3-8H,1-2H3;2*4-6H,1-3H3;3-4H,1-2H3;3-5H,1-2H3;7-8H,3-6H2,1-2H3;3-6H,1-2H3;6-7H,3-5H2,1-2H3;3-4H,1-2H3;5-6H,3-4H2,1-2H3/t;;;;;;;;;6?,7-;;/m.........0../s1. The van der Waals surface area contributed by atoms with E-state index in [-0.39, 0.29) is 29.1 Å². The van der Waals surface area contributed by atoms with Crippen molar-refractivity contribution < 1.29 is 40.6 Å². The van der Waals surface area contributed by atoms with Crippen molar-refractivity contribution in [2.45, 2.75) is 231 Å². The Morgan fingerprint density at radius 1 is 0.250 bits per heavy atom. The van der Waals surface area contributed by atoms with E-state index in [1.165, 1.54) is 143 Å². The lowest BCUT2D eigenvalue weighted by Gasteiger charge is -2.24. The van der Waals surface area contributed by atoms with Crippen molar-refractivity contribution in [1.82, 2.24) is 9.97 Å². The molecule has 1 unspecified atom stereocenters. The van der Waals surface area contributed by atoms with E-state index in [1.54, 1.807) is 39.0 Å². The second kappa shape index (κ2) is 51.1. The second-order valence-corrected chi connectivity index (χ2v) is 32.6. The molecule has 15 rings (SSSR count). The molecule has 0 amide bonds. The van der Waals surface area contributed by atoms with Gasteiger partial charge in [0.15, 0.2) is 6.29 Å². The number of rotatable bonds is 0. The van der Waals surface area contributed by atoms with Crippen LogP contribution in [0.1, 0.15) is 192 Å². The Labute approximate surface area is 694 Å². The molecule has 2 saturated heterocycles. The molecule has 2 atom stereocenters. The van der Waals surface area contributed by atoms with Gasteiger partial charge >= 0.3 is 0 Å². The van der Waals surface area contributed by atoms with E-state index >= 15 is 0 Å². The fraction of sp³-hybridized carbons (Fsp3) is 0.390. The molecule has 1 aliphatic carbocycles. The summed E-state index contributed by atoms with van der Waals surface area (Å²) in [6.45, 7) is 54.8. The van der Waals surface area contributed by atoms with Crippen molar-refractivity contribution in [1.29, 1.82) is 0 Å². The maximum absolute atomic E-state index is 13.6. The average Bonchev–Trinajstić information content (AvgIpc) is 0.821. The molecule has 11 heteroatoms. The fourth-order valence-corrected chi connectivity index (χ4v) is 12.0. The van der Waals surface area contributed by atoms with Crippen molar-refractivity contribution in [3.8, 4) is 0 Å². The molecule has 0 N–H and O–H groups in total. The summed E-state index contributed by atoms with van der Waals surface area (Å²) in [6.07, 6.45) is 12.6. The van der Waals surface area contributed by atoms with Gasteiger partial charge in [0.1, 0.15) is 40.7 Å². The van der Waals surface area contributed by atoms with E-state index in [1.807, 2.05) is 96.4 Å². The molecule has 0 bridgehead atoms. The average molecular weight is 1590 g/mol. The van der Waals surface area contributed by atoms with Crippen LogP contribution in [0.15, 0.2) is 194 Å². The van der Waals surface area contributed by atoms with Gasteiger partial charge < -0.3 is 14.2 Å². The van der Waals surface area contributed by atoms with Gasteiger partial charge in [0.05, 0.1) is 19.3 Å². The predicted octanol–water partition coefficient (Wildman–Crippen LogP) is 30.1. The van der Waals surface area contributed by atoms with E-state index in [2.05, 4.69) is 211 Å². The molecule has 3 heterocycles. The van der Waals surface area contributed by atoms with E-state index in [9.17, 15) is 26.3 Å². The van der Waals surface area contributed by atoms with E-state index < -0.39 is 23.3 Å². The first kappa shape index (κ1) is 99.1. The summed E-state index contributed by atoms with van der Waals surface area (Å²) < 4.78 is 93.8. The molecule has 0 spiro atoms. The molecule has 11 aromatic carbocycles. The first-order valence-corrected chi connectivity index (χ1v) is 41.0. The summed E-state index contributed by atoms with van der Waals surface area (Å²) in [5, 5.41) is 5.45. The normalized spacial score (nSPS) is 16.2. The van der Waals surface area contributed by atoms with Crippen LogP contribution < -0.4 is 0 Å². The van der Waals surface area contributed by atoms with Crippen molar-refractivity contribution in [3.63, 3.8) is 0 Å². The van der Waals surface area contributed by atoms with Crippen LogP contribution in [-0.4, -0.2) is 42.2 Å². The zero-order valence-corrected chi connectivity index (χ0v) is 74.7. The molecule has 3 aliphatic rings. The summed E-state index contributed by atoms with van der Waals surface area (Å²) in [4.78, 5) is 7.94. The minimum absolute atomic E-state index is 0.0196. The van der Waals surface area contributed by atoms with Gasteiger partial charge in [-0.15, -0.1) is 0 Å². The van der Waals surface area contributed by atoms with Crippen LogP contribution in [0.5, 0.6) is 0 Å². The van der Waals surface area contributed by atoms with Crippen LogP contribution in [0.3, 0.4) is 0 Å². The van der Waals surface area contributed by atoms with E-state index in [4.69, 9.17) is 14.2 Å². The molecule has 624 valence electrons. The van der Waals surface area contributed by atoms with Crippen molar-refractivity contribution in [2.75, 3.05) is 19.8 Å². The Morgan fingerprint density at radius 3 is 0.974 bits per heavy atom. The van der Waals surface area contributed by atoms with Gasteiger partial charge in [0, 0.05) is 46.8 Å². The highest BCUT2D eigenvalue weighted by Crippen LogP contribution is 2.29. The van der Waals surface area contributed by atoms with Crippen LogP contribution in [0.4, 0.5) is 26.3 Å². The smallest absolute Gasteiger partial charge is 0.154 e. The Morgan fingerprint density at radius 2 is 0.586 bits per heavy atom. The molecular weight excluding hydrogens is 1450 g/mol. The third kappa shape index (κ3) is 37.8. The molecule has 12 aromatic rings. The first-order chi connectivity index (χ1) is 54.7. The van der Waals surface area contributed by atoms with Gasteiger partial charge in [0.25, 0.3) is 0 Å². The van der Waals surface area contributed by atoms with Crippen LogP contribution >= 0.6 is 0 Å². The van der Waals surface area contributed by atoms with Crippen molar-refractivity contribution in [2.24, 2.45) is 23.7 Å². The second-order valence-electron chi connectivity index (χ2n) is 32.6.